The number of aryl methyl sites for hydroxylation is 1. The molecule has 2 N–H and O–H groups in total. The van der Waals surface area contributed by atoms with Crippen LogP contribution in [0, 0.1) is 6.92 Å². The summed E-state index contributed by atoms with van der Waals surface area (Å²) in [5, 5.41) is 3.23. The quantitative estimate of drug-likeness (QED) is 0.782. The highest BCUT2D eigenvalue weighted by molar-refractivity contribution is 7.89. The third-order valence-electron chi connectivity index (χ3n) is 3.58. The number of carbonyl (C=O) groups is 1. The smallest absolute Gasteiger partial charge is 0.337 e. The molecule has 0 aromatic heterocycles. The molecule has 8 heteroatoms. The zero-order valence-electron chi connectivity index (χ0n) is 12.6. The maximum atomic E-state index is 12.4. The standard InChI is InChI=1S/C14H20N2O4S.ClH/c1-10-5-6-11(14(17)20-2)8-13(10)21(18,19)16-9-12-4-3-7-15-12;/h5-6,8,12,15-16H,3-4,7,9H2,1-2H3;1H. The van der Waals surface area contributed by atoms with Gasteiger partial charge in [-0.05, 0) is 44.0 Å². The molecule has 1 aliphatic heterocycles. The lowest BCUT2D eigenvalue weighted by Gasteiger charge is -2.14. The van der Waals surface area contributed by atoms with Gasteiger partial charge in [0, 0.05) is 12.6 Å². The van der Waals surface area contributed by atoms with Crippen LogP contribution in [0.5, 0.6) is 0 Å². The predicted molar refractivity (Wildman–Crippen MR) is 86.0 cm³/mol. The van der Waals surface area contributed by atoms with Crippen LogP contribution in [0.3, 0.4) is 0 Å². The number of esters is 1. The molecule has 0 amide bonds. The number of hydrogen-bond donors (Lipinski definition) is 2. The SMILES string of the molecule is COC(=O)c1ccc(C)c(S(=O)(=O)NCC2CCCN2)c1.Cl. The lowest BCUT2D eigenvalue weighted by Crippen LogP contribution is -2.37. The van der Waals surface area contributed by atoms with Gasteiger partial charge in [0.25, 0.3) is 0 Å². The minimum absolute atomic E-state index is 0. The molecule has 0 radical (unpaired) electrons. The lowest BCUT2D eigenvalue weighted by molar-refractivity contribution is 0.0600. The van der Waals surface area contributed by atoms with E-state index in [2.05, 4.69) is 14.8 Å². The van der Waals surface area contributed by atoms with Gasteiger partial charge in [-0.1, -0.05) is 6.07 Å². The second kappa shape index (κ2) is 7.92. The number of hydrogen-bond acceptors (Lipinski definition) is 5. The Morgan fingerprint density at radius 1 is 1.45 bits per heavy atom. The van der Waals surface area contributed by atoms with Gasteiger partial charge in [0.15, 0.2) is 0 Å². The number of nitrogens with one attached hydrogen (secondary N) is 2. The van der Waals surface area contributed by atoms with E-state index >= 15 is 0 Å². The molecule has 1 aromatic rings. The van der Waals surface area contributed by atoms with E-state index in [1.54, 1.807) is 19.1 Å². The minimum Gasteiger partial charge on any atom is -0.465 e. The van der Waals surface area contributed by atoms with E-state index in [1.807, 2.05) is 0 Å². The average molecular weight is 349 g/mol. The number of halogens is 1. The highest BCUT2D eigenvalue weighted by Crippen LogP contribution is 2.18. The van der Waals surface area contributed by atoms with Crippen LogP contribution in [-0.2, 0) is 14.8 Å². The summed E-state index contributed by atoms with van der Waals surface area (Å²) in [5.41, 5.74) is 0.817. The van der Waals surface area contributed by atoms with E-state index in [0.29, 0.717) is 12.1 Å². The fourth-order valence-corrected chi connectivity index (χ4v) is 3.70. The first-order chi connectivity index (χ1) is 9.94. The van der Waals surface area contributed by atoms with Gasteiger partial charge in [-0.25, -0.2) is 17.9 Å². The largest absolute Gasteiger partial charge is 0.465 e. The molecule has 0 spiro atoms. The van der Waals surface area contributed by atoms with Crippen molar-refractivity contribution < 1.29 is 17.9 Å². The molecular weight excluding hydrogens is 328 g/mol. The van der Waals surface area contributed by atoms with Crippen molar-refractivity contribution in [2.24, 2.45) is 0 Å². The highest BCUT2D eigenvalue weighted by atomic mass is 35.5. The van der Waals surface area contributed by atoms with Crippen LogP contribution in [0.25, 0.3) is 0 Å². The van der Waals surface area contributed by atoms with Gasteiger partial charge in [-0.3, -0.25) is 0 Å². The zero-order chi connectivity index (χ0) is 15.5. The van der Waals surface area contributed by atoms with E-state index < -0.39 is 16.0 Å². The topological polar surface area (TPSA) is 84.5 Å². The van der Waals surface area contributed by atoms with E-state index in [1.165, 1.54) is 13.2 Å². The second-order valence-corrected chi connectivity index (χ2v) is 6.85. The van der Waals surface area contributed by atoms with Crippen molar-refractivity contribution in [2.45, 2.75) is 30.7 Å². The van der Waals surface area contributed by atoms with Crippen LogP contribution < -0.4 is 10.0 Å². The maximum Gasteiger partial charge on any atom is 0.337 e. The van der Waals surface area contributed by atoms with Crippen LogP contribution >= 0.6 is 12.4 Å². The average Bonchev–Trinajstić information content (AvgIpc) is 2.98. The number of sulfonamides is 1. The molecule has 1 fully saturated rings. The fraction of sp³-hybridized carbons (Fsp3) is 0.500. The lowest BCUT2D eigenvalue weighted by atomic mass is 10.1. The van der Waals surface area contributed by atoms with Crippen LogP contribution in [-0.4, -0.2) is 40.6 Å². The molecule has 1 heterocycles. The third-order valence-corrected chi connectivity index (χ3v) is 5.15. The maximum absolute atomic E-state index is 12.4. The number of carbonyl (C=O) groups excluding carboxylic acids is 1. The van der Waals surface area contributed by atoms with E-state index in [-0.39, 0.29) is 28.9 Å². The molecule has 1 unspecified atom stereocenters. The van der Waals surface area contributed by atoms with E-state index in [9.17, 15) is 13.2 Å². The molecule has 0 saturated carbocycles. The Morgan fingerprint density at radius 2 is 2.18 bits per heavy atom. The summed E-state index contributed by atoms with van der Waals surface area (Å²) in [6.45, 7) is 2.97. The predicted octanol–water partition coefficient (Wildman–Crippen LogP) is 1.23. The van der Waals surface area contributed by atoms with Crippen molar-refractivity contribution in [3.63, 3.8) is 0 Å². The summed E-state index contributed by atoms with van der Waals surface area (Å²) in [7, 11) is -2.38. The Bertz CT molecular complexity index is 628. The molecule has 124 valence electrons. The van der Waals surface area contributed by atoms with E-state index in [0.717, 1.165) is 19.4 Å². The van der Waals surface area contributed by atoms with Gasteiger partial charge < -0.3 is 10.1 Å². The molecule has 22 heavy (non-hydrogen) atoms. The van der Waals surface area contributed by atoms with Crippen LogP contribution in [0.15, 0.2) is 23.1 Å². The number of ether oxygens (including phenoxy) is 1. The second-order valence-electron chi connectivity index (χ2n) is 5.12. The van der Waals surface area contributed by atoms with E-state index in [4.69, 9.17) is 0 Å². The van der Waals surface area contributed by atoms with Gasteiger partial charge in [-0.2, -0.15) is 0 Å². The third kappa shape index (κ3) is 4.42. The molecule has 0 aliphatic carbocycles. The first-order valence-corrected chi connectivity index (χ1v) is 8.34. The summed E-state index contributed by atoms with van der Waals surface area (Å²) in [4.78, 5) is 11.6. The van der Waals surface area contributed by atoms with Gasteiger partial charge in [-0.15, -0.1) is 12.4 Å². The van der Waals surface area contributed by atoms with Crippen molar-refractivity contribution in [2.75, 3.05) is 20.2 Å². The van der Waals surface area contributed by atoms with Gasteiger partial charge in [0.05, 0.1) is 17.6 Å². The Labute approximate surface area is 137 Å². The monoisotopic (exact) mass is 348 g/mol. The van der Waals surface area contributed by atoms with Crippen molar-refractivity contribution in [3.8, 4) is 0 Å². The summed E-state index contributed by atoms with van der Waals surface area (Å²) < 4.78 is 32.0. The number of methoxy groups -OCH3 is 1. The Hall–Kier alpha value is -1.15. The van der Waals surface area contributed by atoms with Crippen molar-refractivity contribution in [1.82, 2.24) is 10.0 Å². The molecule has 1 aromatic carbocycles. The van der Waals surface area contributed by atoms with Gasteiger partial charge >= 0.3 is 5.97 Å². The fourth-order valence-electron chi connectivity index (χ4n) is 2.35. The molecular formula is C14H21ClN2O4S. The van der Waals surface area contributed by atoms with Crippen molar-refractivity contribution >= 4 is 28.4 Å². The summed E-state index contributed by atoms with van der Waals surface area (Å²) in [6.07, 6.45) is 2.02. The number of benzene rings is 1. The first kappa shape index (κ1) is 18.9. The van der Waals surface area contributed by atoms with Crippen LogP contribution in [0.2, 0.25) is 0 Å². The Kier molecular flexibility index (Phi) is 6.80. The Balaban J connectivity index is 0.00000242. The highest BCUT2D eigenvalue weighted by Gasteiger charge is 2.22. The van der Waals surface area contributed by atoms with Crippen molar-refractivity contribution in [3.05, 3.63) is 29.3 Å². The van der Waals surface area contributed by atoms with Gasteiger partial charge in [0.1, 0.15) is 0 Å². The molecule has 0 bridgehead atoms. The van der Waals surface area contributed by atoms with Gasteiger partial charge in [0.2, 0.25) is 10.0 Å². The zero-order valence-corrected chi connectivity index (χ0v) is 14.2. The summed E-state index contributed by atoms with van der Waals surface area (Å²) in [6, 6.07) is 4.68. The summed E-state index contributed by atoms with van der Waals surface area (Å²) >= 11 is 0. The molecule has 6 nitrogen and oxygen atoms in total. The van der Waals surface area contributed by atoms with Crippen molar-refractivity contribution in [1.29, 1.82) is 0 Å². The number of rotatable bonds is 5. The molecule has 1 aliphatic rings. The minimum atomic E-state index is -3.64. The molecule has 2 rings (SSSR count). The van der Waals surface area contributed by atoms with Crippen LogP contribution in [0.1, 0.15) is 28.8 Å². The normalized spacial score (nSPS) is 17.8. The van der Waals surface area contributed by atoms with Crippen LogP contribution in [0.4, 0.5) is 0 Å². The molecule has 1 saturated heterocycles. The first-order valence-electron chi connectivity index (χ1n) is 6.86. The Morgan fingerprint density at radius 3 is 2.77 bits per heavy atom. The molecule has 1 atom stereocenters. The summed E-state index contributed by atoms with van der Waals surface area (Å²) in [5.74, 6) is -0.552.